The van der Waals surface area contributed by atoms with E-state index in [1.165, 1.54) is 5.56 Å². The van der Waals surface area contributed by atoms with E-state index in [4.69, 9.17) is 5.73 Å². The Morgan fingerprint density at radius 2 is 1.90 bits per heavy atom. The fourth-order valence-electron chi connectivity index (χ4n) is 2.15. The highest BCUT2D eigenvalue weighted by Crippen LogP contribution is 2.29. The predicted molar refractivity (Wildman–Crippen MR) is 87.6 cm³/mol. The summed E-state index contributed by atoms with van der Waals surface area (Å²) in [6, 6.07) is 16.1. The second-order valence-corrected chi connectivity index (χ2v) is 5.51. The Balaban J connectivity index is 1.94. The van der Waals surface area contributed by atoms with Gasteiger partial charge in [0.1, 0.15) is 0 Å². The van der Waals surface area contributed by atoms with Crippen LogP contribution >= 0.6 is 15.9 Å². The van der Waals surface area contributed by atoms with E-state index in [1.807, 2.05) is 36.4 Å². The molecule has 3 N–H and O–H groups in total. The van der Waals surface area contributed by atoms with Crippen molar-refractivity contribution in [3.05, 3.63) is 64.8 Å². The molecule has 0 amide bonds. The first kappa shape index (κ1) is 12.9. The maximum absolute atomic E-state index is 6.01. The van der Waals surface area contributed by atoms with Crippen LogP contribution < -0.4 is 11.1 Å². The van der Waals surface area contributed by atoms with E-state index >= 15 is 0 Å². The van der Waals surface area contributed by atoms with Crippen LogP contribution in [0.4, 0.5) is 11.4 Å². The molecule has 0 radical (unpaired) electrons. The molecule has 0 saturated heterocycles. The van der Waals surface area contributed by atoms with Crippen LogP contribution in [0.15, 0.2) is 59.2 Å². The first-order chi connectivity index (χ1) is 9.74. The normalized spacial score (nSPS) is 10.7. The minimum atomic E-state index is 0.735. The lowest BCUT2D eigenvalue weighted by Gasteiger charge is -2.11. The largest absolute Gasteiger partial charge is 0.398 e. The van der Waals surface area contributed by atoms with Crippen molar-refractivity contribution in [2.24, 2.45) is 0 Å². The summed E-state index contributed by atoms with van der Waals surface area (Å²) in [5.74, 6) is 0. The van der Waals surface area contributed by atoms with Crippen molar-refractivity contribution < 1.29 is 0 Å². The lowest BCUT2D eigenvalue weighted by atomic mass is 10.1. The van der Waals surface area contributed by atoms with Crippen molar-refractivity contribution in [1.29, 1.82) is 0 Å². The Morgan fingerprint density at radius 3 is 2.70 bits per heavy atom. The summed E-state index contributed by atoms with van der Waals surface area (Å²) in [6.45, 7) is 0.762. The van der Waals surface area contributed by atoms with Gasteiger partial charge in [-0.1, -0.05) is 30.3 Å². The number of nitrogens with zero attached hydrogens (tertiary/aromatic N) is 1. The molecule has 0 atom stereocenters. The van der Waals surface area contributed by atoms with E-state index in [-0.39, 0.29) is 0 Å². The van der Waals surface area contributed by atoms with Gasteiger partial charge in [-0.05, 0) is 39.7 Å². The van der Waals surface area contributed by atoms with Crippen LogP contribution in [0, 0.1) is 0 Å². The Morgan fingerprint density at radius 1 is 1.10 bits per heavy atom. The van der Waals surface area contributed by atoms with E-state index in [0.717, 1.165) is 33.3 Å². The van der Waals surface area contributed by atoms with E-state index in [1.54, 1.807) is 6.20 Å². The zero-order valence-electron chi connectivity index (χ0n) is 10.8. The van der Waals surface area contributed by atoms with Crippen LogP contribution in [0.5, 0.6) is 0 Å². The van der Waals surface area contributed by atoms with Crippen LogP contribution in [0.3, 0.4) is 0 Å². The van der Waals surface area contributed by atoms with Crippen LogP contribution in [-0.4, -0.2) is 4.98 Å². The van der Waals surface area contributed by atoms with Gasteiger partial charge < -0.3 is 11.1 Å². The number of benzene rings is 2. The smallest absolute Gasteiger partial charge is 0.0954 e. The van der Waals surface area contributed by atoms with Gasteiger partial charge in [0.2, 0.25) is 0 Å². The van der Waals surface area contributed by atoms with Gasteiger partial charge in [-0.3, -0.25) is 4.98 Å². The molecule has 0 unspecified atom stereocenters. The van der Waals surface area contributed by atoms with Crippen molar-refractivity contribution >= 4 is 38.2 Å². The molecule has 0 aliphatic rings. The molecule has 4 heteroatoms. The molecule has 0 bridgehead atoms. The number of pyridine rings is 1. The zero-order valence-corrected chi connectivity index (χ0v) is 12.4. The molecule has 2 aromatic carbocycles. The molecule has 1 heterocycles. The average molecular weight is 328 g/mol. The van der Waals surface area contributed by atoms with Crippen molar-refractivity contribution in [3.8, 4) is 0 Å². The van der Waals surface area contributed by atoms with Crippen LogP contribution in [-0.2, 0) is 6.54 Å². The molecular formula is C16H14BrN3. The van der Waals surface area contributed by atoms with Gasteiger partial charge in [0.25, 0.3) is 0 Å². The topological polar surface area (TPSA) is 50.9 Å². The second-order valence-electron chi connectivity index (χ2n) is 4.59. The maximum atomic E-state index is 6.01. The van der Waals surface area contributed by atoms with Crippen molar-refractivity contribution in [3.63, 3.8) is 0 Å². The number of anilines is 2. The van der Waals surface area contributed by atoms with E-state index < -0.39 is 0 Å². The van der Waals surface area contributed by atoms with Crippen molar-refractivity contribution in [2.75, 3.05) is 11.1 Å². The molecule has 0 aliphatic carbocycles. The fourth-order valence-corrected chi connectivity index (χ4v) is 2.48. The summed E-state index contributed by atoms with van der Waals surface area (Å²) in [4.78, 5) is 4.46. The van der Waals surface area contributed by atoms with Gasteiger partial charge in [0.15, 0.2) is 0 Å². The molecular weight excluding hydrogens is 314 g/mol. The van der Waals surface area contributed by atoms with Crippen molar-refractivity contribution in [2.45, 2.75) is 6.54 Å². The van der Waals surface area contributed by atoms with Crippen LogP contribution in [0.1, 0.15) is 5.56 Å². The molecule has 3 aromatic rings. The SMILES string of the molecule is Nc1ccc(NCc2ccccc2)c2ncc(Br)cc12. The number of rotatable bonds is 3. The van der Waals surface area contributed by atoms with Gasteiger partial charge in [0, 0.05) is 28.3 Å². The number of aromatic nitrogens is 1. The molecule has 0 aliphatic heterocycles. The number of hydrogen-bond acceptors (Lipinski definition) is 3. The summed E-state index contributed by atoms with van der Waals surface area (Å²) >= 11 is 3.43. The van der Waals surface area contributed by atoms with Gasteiger partial charge in [-0.15, -0.1) is 0 Å². The van der Waals surface area contributed by atoms with Gasteiger partial charge in [-0.25, -0.2) is 0 Å². The lowest BCUT2D eigenvalue weighted by molar-refractivity contribution is 1.15. The van der Waals surface area contributed by atoms with Gasteiger partial charge >= 0.3 is 0 Å². The minimum Gasteiger partial charge on any atom is -0.398 e. The first-order valence-corrected chi connectivity index (χ1v) is 7.15. The van der Waals surface area contributed by atoms with Crippen LogP contribution in [0.25, 0.3) is 10.9 Å². The molecule has 100 valence electrons. The monoisotopic (exact) mass is 327 g/mol. The van der Waals surface area contributed by atoms with Crippen molar-refractivity contribution in [1.82, 2.24) is 4.98 Å². The molecule has 0 saturated carbocycles. The summed E-state index contributed by atoms with van der Waals surface area (Å²) in [5.41, 5.74) is 9.86. The summed E-state index contributed by atoms with van der Waals surface area (Å²) in [5, 5.41) is 4.37. The first-order valence-electron chi connectivity index (χ1n) is 6.35. The number of nitrogens with two attached hydrogens (primary N) is 1. The van der Waals surface area contributed by atoms with E-state index in [0.29, 0.717) is 0 Å². The van der Waals surface area contributed by atoms with Crippen LogP contribution in [0.2, 0.25) is 0 Å². The number of hydrogen-bond donors (Lipinski definition) is 2. The quantitative estimate of drug-likeness (QED) is 0.709. The number of halogens is 1. The molecule has 3 nitrogen and oxygen atoms in total. The highest BCUT2D eigenvalue weighted by molar-refractivity contribution is 9.10. The number of nitrogen functional groups attached to an aromatic ring is 1. The summed E-state index contributed by atoms with van der Waals surface area (Å²) in [6.07, 6.45) is 1.79. The van der Waals surface area contributed by atoms with Gasteiger partial charge in [-0.2, -0.15) is 0 Å². The standard InChI is InChI=1S/C16H14BrN3/c17-12-8-13-14(18)6-7-15(16(13)20-10-12)19-9-11-4-2-1-3-5-11/h1-8,10,19H,9,18H2. The highest BCUT2D eigenvalue weighted by Gasteiger charge is 2.06. The number of fused-ring (bicyclic) bond motifs is 1. The Hall–Kier alpha value is -2.07. The second kappa shape index (κ2) is 5.51. The van der Waals surface area contributed by atoms with E-state index in [2.05, 4.69) is 38.4 Å². The maximum Gasteiger partial charge on any atom is 0.0954 e. The summed E-state index contributed by atoms with van der Waals surface area (Å²) in [7, 11) is 0. The zero-order chi connectivity index (χ0) is 13.9. The Bertz CT molecular complexity index is 741. The molecule has 20 heavy (non-hydrogen) atoms. The van der Waals surface area contributed by atoms with Gasteiger partial charge in [0.05, 0.1) is 11.2 Å². The minimum absolute atomic E-state index is 0.735. The number of nitrogens with one attached hydrogen (secondary N) is 1. The third-order valence-corrected chi connectivity index (χ3v) is 3.61. The lowest BCUT2D eigenvalue weighted by Crippen LogP contribution is -2.01. The average Bonchev–Trinajstić information content (AvgIpc) is 2.48. The third kappa shape index (κ3) is 2.60. The predicted octanol–water partition coefficient (Wildman–Crippen LogP) is 4.19. The van der Waals surface area contributed by atoms with E-state index in [9.17, 15) is 0 Å². The third-order valence-electron chi connectivity index (χ3n) is 3.18. The summed E-state index contributed by atoms with van der Waals surface area (Å²) < 4.78 is 0.928. The molecule has 0 fully saturated rings. The molecule has 0 spiro atoms. The fraction of sp³-hybridized carbons (Fsp3) is 0.0625. The molecule has 1 aromatic heterocycles. The highest BCUT2D eigenvalue weighted by atomic mass is 79.9. The molecule has 3 rings (SSSR count). The Kier molecular flexibility index (Phi) is 3.56. The Labute approximate surface area is 126 Å².